The van der Waals surface area contributed by atoms with Crippen molar-refractivity contribution >= 4 is 43.0 Å². The number of rotatable bonds is 8. The van der Waals surface area contributed by atoms with Crippen molar-refractivity contribution in [3.05, 3.63) is 77.3 Å². The van der Waals surface area contributed by atoms with Gasteiger partial charge in [-0.1, -0.05) is 17.7 Å². The van der Waals surface area contributed by atoms with E-state index in [1.807, 2.05) is 6.92 Å². The molecule has 0 spiro atoms. The molecule has 0 aliphatic carbocycles. The maximum absolute atomic E-state index is 12.7. The van der Waals surface area contributed by atoms with Crippen molar-refractivity contribution in [1.82, 2.24) is 0 Å². The molecule has 0 amide bonds. The molecule has 0 saturated carbocycles. The third-order valence-corrected chi connectivity index (χ3v) is 7.56. The van der Waals surface area contributed by atoms with Crippen LogP contribution in [0.1, 0.15) is 12.5 Å². The summed E-state index contributed by atoms with van der Waals surface area (Å²) in [6.45, 7) is 4.02. The van der Waals surface area contributed by atoms with Crippen molar-refractivity contribution in [3.63, 3.8) is 0 Å². The molecule has 0 atom stereocenters. The Morgan fingerprint density at radius 2 is 1.35 bits per heavy atom. The van der Waals surface area contributed by atoms with E-state index in [1.54, 1.807) is 37.3 Å². The van der Waals surface area contributed by atoms with Gasteiger partial charge in [-0.25, -0.2) is 16.8 Å². The fraction of sp³-hybridized carbons (Fsp3) is 0.143. The summed E-state index contributed by atoms with van der Waals surface area (Å²) in [5.74, 6) is 0.568. The monoisotopic (exact) mass is 480 g/mol. The van der Waals surface area contributed by atoms with E-state index in [9.17, 15) is 16.8 Å². The van der Waals surface area contributed by atoms with Crippen LogP contribution in [-0.2, 0) is 20.0 Å². The molecule has 3 rings (SSSR count). The van der Waals surface area contributed by atoms with Gasteiger partial charge in [0.15, 0.2) is 0 Å². The van der Waals surface area contributed by atoms with Crippen molar-refractivity contribution in [3.8, 4) is 5.75 Å². The summed E-state index contributed by atoms with van der Waals surface area (Å²) in [5.41, 5.74) is 1.20. The van der Waals surface area contributed by atoms with Crippen LogP contribution in [0.15, 0.2) is 76.5 Å². The Kier molecular flexibility index (Phi) is 6.78. The minimum absolute atomic E-state index is 0.0177. The topological polar surface area (TPSA) is 102 Å². The van der Waals surface area contributed by atoms with Crippen molar-refractivity contribution in [2.45, 2.75) is 23.6 Å². The van der Waals surface area contributed by atoms with E-state index >= 15 is 0 Å². The van der Waals surface area contributed by atoms with E-state index in [0.717, 1.165) is 0 Å². The Morgan fingerprint density at radius 1 is 0.806 bits per heavy atom. The largest absolute Gasteiger partial charge is 0.494 e. The molecule has 2 N–H and O–H groups in total. The van der Waals surface area contributed by atoms with E-state index in [-0.39, 0.29) is 15.5 Å². The highest BCUT2D eigenvalue weighted by molar-refractivity contribution is 7.93. The van der Waals surface area contributed by atoms with Gasteiger partial charge in [0.1, 0.15) is 5.75 Å². The summed E-state index contributed by atoms with van der Waals surface area (Å²) >= 11 is 6.04. The number of sulfonamides is 2. The first-order valence-electron chi connectivity index (χ1n) is 9.26. The normalized spacial score (nSPS) is 11.7. The zero-order chi connectivity index (χ0) is 22.6. The van der Waals surface area contributed by atoms with Crippen molar-refractivity contribution in [2.24, 2.45) is 0 Å². The van der Waals surface area contributed by atoms with Gasteiger partial charge in [0.05, 0.1) is 22.1 Å². The third-order valence-electron chi connectivity index (χ3n) is 4.37. The van der Waals surface area contributed by atoms with Gasteiger partial charge in [-0.05, 0) is 80.1 Å². The molecule has 0 fully saturated rings. The lowest BCUT2D eigenvalue weighted by atomic mass is 10.2. The molecule has 0 aliphatic heterocycles. The van der Waals surface area contributed by atoms with Crippen molar-refractivity contribution in [1.29, 1.82) is 0 Å². The number of hydrogen-bond donors (Lipinski definition) is 2. The van der Waals surface area contributed by atoms with Gasteiger partial charge < -0.3 is 4.74 Å². The van der Waals surface area contributed by atoms with Crippen molar-refractivity contribution in [2.75, 3.05) is 16.1 Å². The zero-order valence-corrected chi connectivity index (χ0v) is 19.2. The average molecular weight is 481 g/mol. The summed E-state index contributed by atoms with van der Waals surface area (Å²) in [6.07, 6.45) is 0. The zero-order valence-electron chi connectivity index (χ0n) is 16.8. The number of nitrogens with one attached hydrogen (secondary N) is 2. The Morgan fingerprint density at radius 3 is 1.94 bits per heavy atom. The summed E-state index contributed by atoms with van der Waals surface area (Å²) < 4.78 is 60.7. The van der Waals surface area contributed by atoms with E-state index in [2.05, 4.69) is 9.44 Å². The SMILES string of the molecule is CCOc1ccc(S(=O)(=O)Nc2ccc(S(=O)(=O)Nc3cccc(Cl)c3C)cc2)cc1. The number of benzene rings is 3. The number of ether oxygens (including phenoxy) is 1. The van der Waals surface area contributed by atoms with Gasteiger partial charge in [0.25, 0.3) is 20.0 Å². The summed E-state index contributed by atoms with van der Waals surface area (Å²) in [4.78, 5) is 0.0432. The second kappa shape index (κ2) is 9.17. The molecule has 0 unspecified atom stereocenters. The Labute approximate surface area is 187 Å². The maximum Gasteiger partial charge on any atom is 0.261 e. The predicted molar refractivity (Wildman–Crippen MR) is 122 cm³/mol. The lowest BCUT2D eigenvalue weighted by Gasteiger charge is -2.12. The van der Waals surface area contributed by atoms with Gasteiger partial charge in [-0.3, -0.25) is 9.44 Å². The molecule has 164 valence electrons. The predicted octanol–water partition coefficient (Wildman–Crippen LogP) is 4.65. The van der Waals surface area contributed by atoms with Gasteiger partial charge >= 0.3 is 0 Å². The van der Waals surface area contributed by atoms with Crippen LogP contribution >= 0.6 is 11.6 Å². The summed E-state index contributed by atoms with van der Waals surface area (Å²) in [6, 6.07) is 16.3. The van der Waals surface area contributed by atoms with Crippen LogP contribution in [0.3, 0.4) is 0 Å². The van der Waals surface area contributed by atoms with Crippen molar-refractivity contribution < 1.29 is 21.6 Å². The highest BCUT2D eigenvalue weighted by Gasteiger charge is 2.18. The molecule has 3 aromatic rings. The third kappa shape index (κ3) is 5.49. The fourth-order valence-electron chi connectivity index (χ4n) is 2.72. The molecule has 0 radical (unpaired) electrons. The number of anilines is 2. The second-order valence-electron chi connectivity index (χ2n) is 6.55. The van der Waals surface area contributed by atoms with E-state index in [4.69, 9.17) is 16.3 Å². The van der Waals surface area contributed by atoms with Crippen LogP contribution in [-0.4, -0.2) is 23.4 Å². The molecule has 3 aromatic carbocycles. The molecular weight excluding hydrogens is 460 g/mol. The Bertz CT molecular complexity index is 1270. The quantitative estimate of drug-likeness (QED) is 0.488. The van der Waals surface area contributed by atoms with Crippen LogP contribution in [0.4, 0.5) is 11.4 Å². The number of hydrogen-bond acceptors (Lipinski definition) is 5. The smallest absolute Gasteiger partial charge is 0.261 e. The van der Waals surface area contributed by atoms with Gasteiger partial charge in [-0.15, -0.1) is 0 Å². The average Bonchev–Trinajstić information content (AvgIpc) is 2.72. The lowest BCUT2D eigenvalue weighted by Crippen LogP contribution is -2.15. The summed E-state index contributed by atoms with van der Waals surface area (Å²) in [5, 5.41) is 0.444. The highest BCUT2D eigenvalue weighted by Crippen LogP contribution is 2.26. The van der Waals surface area contributed by atoms with Gasteiger partial charge in [-0.2, -0.15) is 0 Å². The van der Waals surface area contributed by atoms with Gasteiger partial charge in [0.2, 0.25) is 0 Å². The fourth-order valence-corrected chi connectivity index (χ4v) is 5.08. The standard InChI is InChI=1S/C21H21ClN2O5S2/c1-3-29-17-9-13-19(14-10-17)30(25,26)23-16-7-11-18(12-8-16)31(27,28)24-21-6-4-5-20(22)15(21)2/h4-14,23-24H,3H2,1-2H3. The Hall–Kier alpha value is -2.75. The van der Waals surface area contributed by atoms with E-state index in [0.29, 0.717) is 28.6 Å². The molecule has 0 saturated heterocycles. The van der Waals surface area contributed by atoms with Gasteiger partial charge in [0, 0.05) is 10.7 Å². The van der Waals surface area contributed by atoms with Crippen LogP contribution < -0.4 is 14.2 Å². The molecule has 31 heavy (non-hydrogen) atoms. The molecule has 7 nitrogen and oxygen atoms in total. The minimum atomic E-state index is -3.88. The molecule has 0 heterocycles. The first-order chi connectivity index (χ1) is 14.6. The molecular formula is C21H21ClN2O5S2. The second-order valence-corrected chi connectivity index (χ2v) is 10.3. The highest BCUT2D eigenvalue weighted by atomic mass is 35.5. The maximum atomic E-state index is 12.7. The van der Waals surface area contributed by atoms with Crippen LogP contribution in [0, 0.1) is 6.92 Å². The van der Waals surface area contributed by atoms with Crippen LogP contribution in [0.5, 0.6) is 5.75 Å². The minimum Gasteiger partial charge on any atom is -0.494 e. The van der Waals surface area contributed by atoms with E-state index < -0.39 is 20.0 Å². The summed E-state index contributed by atoms with van der Waals surface area (Å²) in [7, 11) is -7.71. The van der Waals surface area contributed by atoms with E-state index in [1.165, 1.54) is 36.4 Å². The Balaban J connectivity index is 1.76. The lowest BCUT2D eigenvalue weighted by molar-refractivity contribution is 0.340. The first kappa shape index (κ1) is 22.9. The number of halogens is 1. The molecule has 0 bridgehead atoms. The van der Waals surface area contributed by atoms with Crippen LogP contribution in [0.2, 0.25) is 5.02 Å². The first-order valence-corrected chi connectivity index (χ1v) is 12.6. The van der Waals surface area contributed by atoms with Crippen LogP contribution in [0.25, 0.3) is 0 Å². The molecule has 0 aromatic heterocycles. The molecule has 10 heteroatoms. The molecule has 0 aliphatic rings.